The summed E-state index contributed by atoms with van der Waals surface area (Å²) >= 11 is 0. The minimum Gasteiger partial charge on any atom is -0.340 e. The lowest BCUT2D eigenvalue weighted by atomic mass is 10.0. The fraction of sp³-hybridized carbons (Fsp3) is 0.160. The molecule has 0 aliphatic carbocycles. The number of sulfone groups is 1. The number of rotatable bonds is 6. The third-order valence-electron chi connectivity index (χ3n) is 5.49. The molecule has 0 radical (unpaired) electrons. The zero-order chi connectivity index (χ0) is 23.6. The molecular weight excluding hydrogens is 436 g/mol. The van der Waals surface area contributed by atoms with Crippen molar-refractivity contribution in [3.8, 4) is 11.3 Å². The minimum atomic E-state index is -3.30. The smallest absolute Gasteiger partial charge is 0.257 e. The Morgan fingerprint density at radius 3 is 2.39 bits per heavy atom. The van der Waals surface area contributed by atoms with Gasteiger partial charge >= 0.3 is 0 Å². The van der Waals surface area contributed by atoms with E-state index >= 15 is 0 Å². The van der Waals surface area contributed by atoms with Crippen LogP contribution in [-0.2, 0) is 16.4 Å². The third-order valence-corrected chi connectivity index (χ3v) is 6.62. The highest BCUT2D eigenvalue weighted by molar-refractivity contribution is 7.90. The summed E-state index contributed by atoms with van der Waals surface area (Å²) in [5, 5.41) is 2.88. The maximum atomic E-state index is 13.2. The quantitative estimate of drug-likeness (QED) is 0.464. The molecule has 2 heterocycles. The number of aryl methyl sites for hydroxylation is 1. The van der Waals surface area contributed by atoms with E-state index in [2.05, 4.69) is 15.3 Å². The molecule has 0 saturated carbocycles. The summed E-state index contributed by atoms with van der Waals surface area (Å²) in [4.78, 5) is 21.7. The van der Waals surface area contributed by atoms with E-state index < -0.39 is 9.84 Å². The SMILES string of the molecule is Cc1ccccc1-c1c(C)c(C(=O)Nc2ccc(S(C)(=O)=O)cc2)cn1Cc1ccncn1. The first-order valence-corrected chi connectivity index (χ1v) is 12.3. The topological polar surface area (TPSA) is 94.0 Å². The highest BCUT2D eigenvalue weighted by Crippen LogP contribution is 2.31. The van der Waals surface area contributed by atoms with E-state index in [-0.39, 0.29) is 10.8 Å². The Kier molecular flexibility index (Phi) is 6.11. The molecule has 8 heteroatoms. The Bertz CT molecular complexity index is 1410. The number of aromatic nitrogens is 3. The number of hydrogen-bond acceptors (Lipinski definition) is 5. The van der Waals surface area contributed by atoms with Crippen molar-refractivity contribution in [2.24, 2.45) is 0 Å². The molecule has 0 aliphatic rings. The number of nitrogens with zero attached hydrogens (tertiary/aromatic N) is 3. The Hall–Kier alpha value is -3.78. The van der Waals surface area contributed by atoms with Gasteiger partial charge in [-0.25, -0.2) is 18.4 Å². The maximum absolute atomic E-state index is 13.2. The van der Waals surface area contributed by atoms with E-state index in [1.165, 1.54) is 18.5 Å². The highest BCUT2D eigenvalue weighted by atomic mass is 32.2. The van der Waals surface area contributed by atoms with Crippen LogP contribution >= 0.6 is 0 Å². The van der Waals surface area contributed by atoms with Gasteiger partial charge in [-0.05, 0) is 55.3 Å². The summed E-state index contributed by atoms with van der Waals surface area (Å²) in [6.07, 6.45) is 6.18. The van der Waals surface area contributed by atoms with Gasteiger partial charge in [-0.1, -0.05) is 24.3 Å². The van der Waals surface area contributed by atoms with Crippen LogP contribution in [0.2, 0.25) is 0 Å². The molecule has 0 bridgehead atoms. The molecule has 0 aliphatic heterocycles. The summed E-state index contributed by atoms with van der Waals surface area (Å²) in [6.45, 7) is 4.46. The fourth-order valence-electron chi connectivity index (χ4n) is 3.78. The number of anilines is 1. The van der Waals surface area contributed by atoms with Gasteiger partial charge in [-0.3, -0.25) is 4.79 Å². The van der Waals surface area contributed by atoms with Crippen LogP contribution in [0.4, 0.5) is 5.69 Å². The number of nitrogens with one attached hydrogen (secondary N) is 1. The van der Waals surface area contributed by atoms with Gasteiger partial charge in [0.1, 0.15) is 6.33 Å². The van der Waals surface area contributed by atoms with E-state index in [0.29, 0.717) is 17.8 Å². The number of carbonyl (C=O) groups is 1. The molecule has 4 aromatic rings. The lowest BCUT2D eigenvalue weighted by Crippen LogP contribution is -2.12. The Morgan fingerprint density at radius 1 is 1.03 bits per heavy atom. The average molecular weight is 461 g/mol. The van der Waals surface area contributed by atoms with Crippen LogP contribution in [-0.4, -0.2) is 35.1 Å². The van der Waals surface area contributed by atoms with Crippen molar-refractivity contribution in [2.45, 2.75) is 25.3 Å². The second-order valence-electron chi connectivity index (χ2n) is 7.91. The van der Waals surface area contributed by atoms with E-state index in [4.69, 9.17) is 0 Å². The Balaban J connectivity index is 1.72. The fourth-order valence-corrected chi connectivity index (χ4v) is 4.41. The van der Waals surface area contributed by atoms with Crippen molar-refractivity contribution in [1.29, 1.82) is 0 Å². The van der Waals surface area contributed by atoms with E-state index in [1.807, 2.05) is 54.9 Å². The predicted molar refractivity (Wildman–Crippen MR) is 128 cm³/mol. The van der Waals surface area contributed by atoms with E-state index in [1.54, 1.807) is 18.3 Å². The van der Waals surface area contributed by atoms with Gasteiger partial charge in [0.2, 0.25) is 0 Å². The summed E-state index contributed by atoms with van der Waals surface area (Å²) in [5.41, 5.74) is 5.83. The van der Waals surface area contributed by atoms with Gasteiger partial charge in [-0.15, -0.1) is 0 Å². The summed E-state index contributed by atoms with van der Waals surface area (Å²) in [7, 11) is -3.30. The minimum absolute atomic E-state index is 0.203. The standard InChI is InChI=1S/C25H24N4O3S/c1-17-6-4-5-7-22(17)24-18(2)23(15-29(24)14-20-12-13-26-16-27-20)25(30)28-19-8-10-21(11-9-19)33(3,31)32/h4-13,15-16H,14H2,1-3H3,(H,28,30). The maximum Gasteiger partial charge on any atom is 0.257 e. The van der Waals surface area contributed by atoms with Gasteiger partial charge in [0.25, 0.3) is 5.91 Å². The molecule has 0 saturated heterocycles. The number of amides is 1. The van der Waals surface area contributed by atoms with Crippen LogP contribution in [0.15, 0.2) is 78.2 Å². The number of hydrogen-bond donors (Lipinski definition) is 1. The van der Waals surface area contributed by atoms with Gasteiger partial charge in [0.05, 0.1) is 28.4 Å². The van der Waals surface area contributed by atoms with Crippen molar-refractivity contribution in [1.82, 2.24) is 14.5 Å². The first kappa shape index (κ1) is 22.4. The van der Waals surface area contributed by atoms with Crippen LogP contribution in [0.5, 0.6) is 0 Å². The van der Waals surface area contributed by atoms with Crippen LogP contribution in [0.3, 0.4) is 0 Å². The first-order valence-electron chi connectivity index (χ1n) is 10.4. The molecule has 1 N–H and O–H groups in total. The summed E-state index contributed by atoms with van der Waals surface area (Å²) < 4.78 is 25.4. The molecule has 7 nitrogen and oxygen atoms in total. The third kappa shape index (κ3) is 4.85. The average Bonchev–Trinajstić information content (AvgIpc) is 3.10. The van der Waals surface area contributed by atoms with E-state index in [0.717, 1.165) is 34.3 Å². The normalized spacial score (nSPS) is 11.4. The molecule has 2 aromatic heterocycles. The van der Waals surface area contributed by atoms with Crippen LogP contribution in [0.25, 0.3) is 11.3 Å². The van der Waals surface area contributed by atoms with E-state index in [9.17, 15) is 13.2 Å². The number of carbonyl (C=O) groups excluding carboxylic acids is 1. The highest BCUT2D eigenvalue weighted by Gasteiger charge is 2.21. The van der Waals surface area contributed by atoms with Crippen molar-refractivity contribution < 1.29 is 13.2 Å². The molecule has 0 spiro atoms. The lowest BCUT2D eigenvalue weighted by molar-refractivity contribution is 0.102. The lowest BCUT2D eigenvalue weighted by Gasteiger charge is -2.12. The van der Waals surface area contributed by atoms with Gasteiger partial charge in [0.15, 0.2) is 9.84 Å². The molecule has 0 atom stereocenters. The zero-order valence-electron chi connectivity index (χ0n) is 18.6. The molecule has 0 unspecified atom stereocenters. The van der Waals surface area contributed by atoms with Crippen LogP contribution < -0.4 is 5.32 Å². The largest absolute Gasteiger partial charge is 0.340 e. The van der Waals surface area contributed by atoms with Crippen LogP contribution in [0.1, 0.15) is 27.2 Å². The van der Waals surface area contributed by atoms with Gasteiger partial charge in [-0.2, -0.15) is 0 Å². The van der Waals surface area contributed by atoms with Crippen molar-refractivity contribution in [3.05, 3.63) is 95.7 Å². The molecule has 33 heavy (non-hydrogen) atoms. The zero-order valence-corrected chi connectivity index (χ0v) is 19.4. The monoisotopic (exact) mass is 460 g/mol. The van der Waals surface area contributed by atoms with Crippen molar-refractivity contribution in [2.75, 3.05) is 11.6 Å². The predicted octanol–water partition coefficient (Wildman–Crippen LogP) is 4.27. The van der Waals surface area contributed by atoms with Crippen molar-refractivity contribution in [3.63, 3.8) is 0 Å². The molecule has 4 rings (SSSR count). The second-order valence-corrected chi connectivity index (χ2v) is 9.93. The van der Waals surface area contributed by atoms with Gasteiger partial charge in [0, 0.05) is 29.9 Å². The first-order chi connectivity index (χ1) is 15.7. The van der Waals surface area contributed by atoms with Crippen molar-refractivity contribution >= 4 is 21.4 Å². The second kappa shape index (κ2) is 8.99. The Morgan fingerprint density at radius 2 is 1.76 bits per heavy atom. The number of benzene rings is 2. The molecule has 1 amide bonds. The molecule has 0 fully saturated rings. The molecule has 168 valence electrons. The van der Waals surface area contributed by atoms with Crippen LogP contribution in [0, 0.1) is 13.8 Å². The summed E-state index contributed by atoms with van der Waals surface area (Å²) in [6, 6.07) is 16.0. The molecular formula is C25H24N4O3S. The molecule has 2 aromatic carbocycles. The Labute approximate surface area is 193 Å². The summed E-state index contributed by atoms with van der Waals surface area (Å²) in [5.74, 6) is -0.268. The van der Waals surface area contributed by atoms with Gasteiger partial charge < -0.3 is 9.88 Å².